The Hall–Kier alpha value is -2.43. The smallest absolute Gasteiger partial charge is 0.270 e. The van der Waals surface area contributed by atoms with Crippen molar-refractivity contribution in [2.24, 2.45) is 5.92 Å². The van der Waals surface area contributed by atoms with Crippen LogP contribution in [0.1, 0.15) is 35.5 Å². The van der Waals surface area contributed by atoms with Crippen LogP contribution < -0.4 is 10.2 Å². The van der Waals surface area contributed by atoms with E-state index >= 15 is 0 Å². The second kappa shape index (κ2) is 6.77. The number of benzene rings is 1. The first-order valence-electron chi connectivity index (χ1n) is 8.06. The van der Waals surface area contributed by atoms with E-state index in [1.54, 1.807) is 12.3 Å². The monoisotopic (exact) mass is 310 g/mol. The van der Waals surface area contributed by atoms with Gasteiger partial charge < -0.3 is 10.2 Å². The molecule has 1 aliphatic heterocycles. The predicted molar refractivity (Wildman–Crippen MR) is 90.4 cm³/mol. The molecule has 1 aromatic carbocycles. The van der Waals surface area contributed by atoms with Crippen LogP contribution in [0, 0.1) is 5.92 Å². The molecular formula is C18H22N4O. The summed E-state index contributed by atoms with van der Waals surface area (Å²) in [7, 11) is 0. The third kappa shape index (κ3) is 3.67. The fraction of sp³-hybridized carbons (Fsp3) is 0.389. The SMILES string of the molecule is CC(C)CNC(=O)c1ccnc(N2CCc3ccccc3C2)n1. The zero-order chi connectivity index (χ0) is 16.2. The minimum absolute atomic E-state index is 0.139. The summed E-state index contributed by atoms with van der Waals surface area (Å²) in [6, 6.07) is 10.1. The van der Waals surface area contributed by atoms with Crippen molar-refractivity contribution in [3.8, 4) is 0 Å². The van der Waals surface area contributed by atoms with Gasteiger partial charge in [-0.05, 0) is 29.5 Å². The molecule has 5 nitrogen and oxygen atoms in total. The van der Waals surface area contributed by atoms with E-state index in [0.29, 0.717) is 24.1 Å². The second-order valence-corrected chi connectivity index (χ2v) is 6.29. The molecule has 1 aliphatic rings. The van der Waals surface area contributed by atoms with Crippen molar-refractivity contribution in [2.75, 3.05) is 18.0 Å². The molecule has 3 rings (SSSR count). The molecule has 1 N–H and O–H groups in total. The fourth-order valence-electron chi connectivity index (χ4n) is 2.68. The van der Waals surface area contributed by atoms with Crippen LogP contribution in [0.15, 0.2) is 36.5 Å². The molecule has 0 unspecified atom stereocenters. The Bertz CT molecular complexity index is 699. The Kier molecular flexibility index (Phi) is 4.55. The van der Waals surface area contributed by atoms with Crippen molar-refractivity contribution in [1.82, 2.24) is 15.3 Å². The van der Waals surface area contributed by atoms with Crippen molar-refractivity contribution in [3.05, 3.63) is 53.3 Å². The number of nitrogens with zero attached hydrogens (tertiary/aromatic N) is 3. The summed E-state index contributed by atoms with van der Waals surface area (Å²) >= 11 is 0. The van der Waals surface area contributed by atoms with E-state index in [0.717, 1.165) is 19.5 Å². The van der Waals surface area contributed by atoms with Gasteiger partial charge in [0.25, 0.3) is 5.91 Å². The third-order valence-corrected chi connectivity index (χ3v) is 3.96. The lowest BCUT2D eigenvalue weighted by atomic mass is 10.0. The van der Waals surface area contributed by atoms with Crippen LogP contribution in [0.5, 0.6) is 0 Å². The Morgan fingerprint density at radius 1 is 1.26 bits per heavy atom. The molecule has 0 atom stereocenters. The highest BCUT2D eigenvalue weighted by molar-refractivity contribution is 5.92. The maximum Gasteiger partial charge on any atom is 0.270 e. The molecule has 0 fully saturated rings. The van der Waals surface area contributed by atoms with Gasteiger partial charge in [0.05, 0.1) is 0 Å². The zero-order valence-electron chi connectivity index (χ0n) is 13.6. The summed E-state index contributed by atoms with van der Waals surface area (Å²) in [4.78, 5) is 23.1. The highest BCUT2D eigenvalue weighted by atomic mass is 16.1. The Labute approximate surface area is 136 Å². The first-order chi connectivity index (χ1) is 11.1. The average Bonchev–Trinajstić information content (AvgIpc) is 2.59. The first kappa shape index (κ1) is 15.5. The molecule has 120 valence electrons. The van der Waals surface area contributed by atoms with Crippen LogP contribution in [0.4, 0.5) is 5.95 Å². The molecule has 0 saturated carbocycles. The van der Waals surface area contributed by atoms with Gasteiger partial charge in [-0.2, -0.15) is 0 Å². The van der Waals surface area contributed by atoms with Crippen molar-refractivity contribution in [3.63, 3.8) is 0 Å². The van der Waals surface area contributed by atoms with Gasteiger partial charge >= 0.3 is 0 Å². The van der Waals surface area contributed by atoms with Crippen molar-refractivity contribution in [2.45, 2.75) is 26.8 Å². The van der Waals surface area contributed by atoms with Crippen molar-refractivity contribution in [1.29, 1.82) is 0 Å². The molecule has 0 spiro atoms. The Morgan fingerprint density at radius 2 is 2.04 bits per heavy atom. The molecule has 0 aliphatic carbocycles. The molecule has 1 aromatic heterocycles. The Balaban J connectivity index is 1.74. The van der Waals surface area contributed by atoms with Gasteiger partial charge in [0.1, 0.15) is 5.69 Å². The number of carbonyl (C=O) groups is 1. The average molecular weight is 310 g/mol. The van der Waals surface area contributed by atoms with Gasteiger partial charge in [0.15, 0.2) is 0 Å². The van der Waals surface area contributed by atoms with E-state index in [2.05, 4.69) is 58.3 Å². The van der Waals surface area contributed by atoms with Gasteiger partial charge in [0.2, 0.25) is 5.95 Å². The molecular weight excluding hydrogens is 288 g/mol. The number of carbonyl (C=O) groups excluding carboxylic acids is 1. The number of hydrogen-bond donors (Lipinski definition) is 1. The van der Waals surface area contributed by atoms with Gasteiger partial charge in [0, 0.05) is 25.8 Å². The number of nitrogens with one attached hydrogen (secondary N) is 1. The van der Waals surface area contributed by atoms with Gasteiger partial charge in [-0.1, -0.05) is 38.1 Å². The van der Waals surface area contributed by atoms with Gasteiger partial charge in [-0.3, -0.25) is 4.79 Å². The van der Waals surface area contributed by atoms with E-state index in [-0.39, 0.29) is 5.91 Å². The Morgan fingerprint density at radius 3 is 2.83 bits per heavy atom. The standard InChI is InChI=1S/C18H22N4O/c1-13(2)11-20-17(23)16-7-9-19-18(21-16)22-10-8-14-5-3-4-6-15(14)12-22/h3-7,9,13H,8,10-12H2,1-2H3,(H,20,23). The van der Waals surface area contributed by atoms with Crippen LogP contribution in [0.2, 0.25) is 0 Å². The molecule has 2 aromatic rings. The summed E-state index contributed by atoms with van der Waals surface area (Å²) in [5.74, 6) is 0.898. The maximum atomic E-state index is 12.2. The molecule has 23 heavy (non-hydrogen) atoms. The largest absolute Gasteiger partial charge is 0.350 e. The fourth-order valence-corrected chi connectivity index (χ4v) is 2.68. The van der Waals surface area contributed by atoms with E-state index in [9.17, 15) is 4.79 Å². The quantitative estimate of drug-likeness (QED) is 0.942. The van der Waals surface area contributed by atoms with Crippen LogP contribution >= 0.6 is 0 Å². The maximum absolute atomic E-state index is 12.2. The number of fused-ring (bicyclic) bond motifs is 1. The number of amides is 1. The van der Waals surface area contributed by atoms with E-state index in [1.807, 2.05) is 0 Å². The molecule has 2 heterocycles. The summed E-state index contributed by atoms with van der Waals surface area (Å²) in [6.07, 6.45) is 2.64. The van der Waals surface area contributed by atoms with Crippen molar-refractivity contribution < 1.29 is 4.79 Å². The lowest BCUT2D eigenvalue weighted by molar-refractivity contribution is 0.0944. The molecule has 0 bridgehead atoms. The van der Waals surface area contributed by atoms with Crippen LogP contribution in [-0.4, -0.2) is 29.0 Å². The van der Waals surface area contributed by atoms with E-state index < -0.39 is 0 Å². The number of hydrogen-bond acceptors (Lipinski definition) is 4. The third-order valence-electron chi connectivity index (χ3n) is 3.96. The lowest BCUT2D eigenvalue weighted by Gasteiger charge is -2.28. The normalized spacial score (nSPS) is 13.8. The first-order valence-corrected chi connectivity index (χ1v) is 8.06. The molecule has 1 amide bonds. The highest BCUT2D eigenvalue weighted by Crippen LogP contribution is 2.21. The molecule has 5 heteroatoms. The van der Waals surface area contributed by atoms with Crippen molar-refractivity contribution >= 4 is 11.9 Å². The number of anilines is 1. The number of rotatable bonds is 4. The van der Waals surface area contributed by atoms with Crippen LogP contribution in [-0.2, 0) is 13.0 Å². The van der Waals surface area contributed by atoms with Gasteiger partial charge in [-0.15, -0.1) is 0 Å². The minimum Gasteiger partial charge on any atom is -0.350 e. The summed E-state index contributed by atoms with van der Waals surface area (Å²) in [5.41, 5.74) is 3.11. The van der Waals surface area contributed by atoms with E-state index in [4.69, 9.17) is 0 Å². The van der Waals surface area contributed by atoms with Gasteiger partial charge in [-0.25, -0.2) is 9.97 Å². The predicted octanol–water partition coefficient (Wildman–Crippen LogP) is 2.43. The van der Waals surface area contributed by atoms with Crippen LogP contribution in [0.25, 0.3) is 0 Å². The summed E-state index contributed by atoms with van der Waals surface area (Å²) < 4.78 is 0. The topological polar surface area (TPSA) is 58.1 Å². The number of aromatic nitrogens is 2. The zero-order valence-corrected chi connectivity index (χ0v) is 13.6. The molecule has 0 saturated heterocycles. The molecule has 0 radical (unpaired) electrons. The summed E-state index contributed by atoms with van der Waals surface area (Å²) in [5, 5.41) is 2.90. The minimum atomic E-state index is -0.139. The summed E-state index contributed by atoms with van der Waals surface area (Å²) in [6.45, 7) is 6.43. The second-order valence-electron chi connectivity index (χ2n) is 6.29. The highest BCUT2D eigenvalue weighted by Gasteiger charge is 2.19. The lowest BCUT2D eigenvalue weighted by Crippen LogP contribution is -2.33. The van der Waals surface area contributed by atoms with E-state index in [1.165, 1.54) is 11.1 Å². The van der Waals surface area contributed by atoms with Crippen LogP contribution in [0.3, 0.4) is 0 Å².